The molecule has 2 heterocycles. The van der Waals surface area contributed by atoms with Gasteiger partial charge in [-0.15, -0.1) is 11.3 Å². The first kappa shape index (κ1) is 16.6. The molecule has 25 heavy (non-hydrogen) atoms. The number of benzene rings is 1. The molecule has 1 saturated heterocycles. The van der Waals surface area contributed by atoms with Crippen molar-refractivity contribution in [3.63, 3.8) is 0 Å². The summed E-state index contributed by atoms with van der Waals surface area (Å²) in [5, 5.41) is 2.69. The smallest absolute Gasteiger partial charge is 0.253 e. The number of nitrogens with zero attached hydrogens (tertiary/aromatic N) is 2. The minimum atomic E-state index is 0.00616. The van der Waals surface area contributed by atoms with Crippen LogP contribution >= 0.6 is 22.9 Å². The second-order valence-corrected chi connectivity index (χ2v) is 8.00. The summed E-state index contributed by atoms with van der Waals surface area (Å²) < 4.78 is 0. The molecule has 4 nitrogen and oxygen atoms in total. The van der Waals surface area contributed by atoms with Gasteiger partial charge in [-0.1, -0.05) is 17.7 Å². The summed E-state index contributed by atoms with van der Waals surface area (Å²) in [5.74, 6) is 0.794. The Kier molecular flexibility index (Phi) is 4.52. The standard InChI is InChI=1S/C19H19ClN2O2S/c20-14-5-3-13(4-6-14)18(23)21-7-9-22(10-8-21)19(24)16-12-15(16)17-2-1-11-25-17/h1-6,11,15-16H,7-10,12H2. The number of carbonyl (C=O) groups excluding carboxylic acids is 2. The maximum absolute atomic E-state index is 12.7. The first-order valence-electron chi connectivity index (χ1n) is 8.50. The fourth-order valence-corrected chi connectivity index (χ4v) is 4.46. The van der Waals surface area contributed by atoms with Gasteiger partial charge in [-0.2, -0.15) is 0 Å². The van der Waals surface area contributed by atoms with Gasteiger partial charge < -0.3 is 9.80 Å². The van der Waals surface area contributed by atoms with Crippen LogP contribution in [-0.2, 0) is 4.79 Å². The molecule has 2 unspecified atom stereocenters. The van der Waals surface area contributed by atoms with E-state index in [2.05, 4.69) is 11.4 Å². The van der Waals surface area contributed by atoms with Gasteiger partial charge in [-0.25, -0.2) is 0 Å². The average Bonchev–Trinajstić information content (AvgIpc) is 3.26. The molecule has 2 fully saturated rings. The number of thiophene rings is 1. The van der Waals surface area contributed by atoms with Gasteiger partial charge in [0.25, 0.3) is 5.91 Å². The summed E-state index contributed by atoms with van der Waals surface area (Å²) in [6.45, 7) is 2.41. The minimum Gasteiger partial charge on any atom is -0.339 e. The Morgan fingerprint density at radius 2 is 1.68 bits per heavy atom. The van der Waals surface area contributed by atoms with E-state index in [9.17, 15) is 9.59 Å². The summed E-state index contributed by atoms with van der Waals surface area (Å²) in [6, 6.07) is 11.1. The molecule has 0 N–H and O–H groups in total. The topological polar surface area (TPSA) is 40.6 Å². The summed E-state index contributed by atoms with van der Waals surface area (Å²) in [7, 11) is 0. The highest BCUT2D eigenvalue weighted by atomic mass is 35.5. The molecule has 2 atom stereocenters. The molecular weight excluding hydrogens is 356 g/mol. The molecule has 1 aromatic carbocycles. The van der Waals surface area contributed by atoms with Crippen LogP contribution in [-0.4, -0.2) is 47.8 Å². The first-order valence-corrected chi connectivity index (χ1v) is 9.76. The number of carbonyl (C=O) groups is 2. The highest BCUT2D eigenvalue weighted by Gasteiger charge is 2.46. The Hall–Kier alpha value is -1.85. The molecule has 0 spiro atoms. The summed E-state index contributed by atoms with van der Waals surface area (Å²) >= 11 is 7.60. The summed E-state index contributed by atoms with van der Waals surface area (Å²) in [4.78, 5) is 30.2. The van der Waals surface area contributed by atoms with Crippen molar-refractivity contribution < 1.29 is 9.59 Å². The SMILES string of the molecule is O=C(c1ccc(Cl)cc1)N1CCN(C(=O)C2CC2c2cccs2)CC1. The van der Waals surface area contributed by atoms with Gasteiger partial charge in [-0.3, -0.25) is 9.59 Å². The molecule has 6 heteroatoms. The van der Waals surface area contributed by atoms with Crippen molar-refractivity contribution in [2.24, 2.45) is 5.92 Å². The zero-order valence-corrected chi connectivity index (χ0v) is 15.3. The van der Waals surface area contributed by atoms with E-state index in [-0.39, 0.29) is 17.7 Å². The van der Waals surface area contributed by atoms with Crippen LogP contribution in [0.2, 0.25) is 5.02 Å². The van der Waals surface area contributed by atoms with Gasteiger partial charge in [0.1, 0.15) is 0 Å². The fourth-order valence-electron chi connectivity index (χ4n) is 3.42. The molecule has 2 aromatic rings. The van der Waals surface area contributed by atoms with Crippen LogP contribution in [0.25, 0.3) is 0 Å². The fraction of sp³-hybridized carbons (Fsp3) is 0.368. The van der Waals surface area contributed by atoms with Crippen molar-refractivity contribution in [1.82, 2.24) is 9.80 Å². The quantitative estimate of drug-likeness (QED) is 0.825. The van der Waals surface area contributed by atoms with Crippen molar-refractivity contribution >= 4 is 34.8 Å². The highest BCUT2D eigenvalue weighted by molar-refractivity contribution is 7.10. The van der Waals surface area contributed by atoms with Gasteiger partial charge in [0.05, 0.1) is 0 Å². The molecule has 2 aliphatic rings. The third-order valence-corrected chi connectivity index (χ3v) is 6.24. The van der Waals surface area contributed by atoms with E-state index in [0.717, 1.165) is 6.42 Å². The second kappa shape index (κ2) is 6.81. The Bertz CT molecular complexity index is 767. The van der Waals surface area contributed by atoms with Crippen molar-refractivity contribution in [3.8, 4) is 0 Å². The normalized spacial score (nSPS) is 22.8. The van der Waals surface area contributed by atoms with Crippen LogP contribution in [0.3, 0.4) is 0 Å². The van der Waals surface area contributed by atoms with Gasteiger partial charge in [-0.05, 0) is 42.1 Å². The number of halogens is 1. The number of rotatable bonds is 3. The molecule has 130 valence electrons. The van der Waals surface area contributed by atoms with Gasteiger partial charge in [0.2, 0.25) is 5.91 Å². The number of hydrogen-bond donors (Lipinski definition) is 0. The van der Waals surface area contributed by atoms with Crippen molar-refractivity contribution in [2.75, 3.05) is 26.2 Å². The van der Waals surface area contributed by atoms with E-state index in [1.807, 2.05) is 15.9 Å². The predicted molar refractivity (Wildman–Crippen MR) is 99.1 cm³/mol. The molecule has 1 aliphatic carbocycles. The van der Waals surface area contributed by atoms with Gasteiger partial charge in [0.15, 0.2) is 0 Å². The third kappa shape index (κ3) is 3.44. The Morgan fingerprint density at radius 1 is 1.00 bits per heavy atom. The van der Waals surface area contributed by atoms with E-state index >= 15 is 0 Å². The second-order valence-electron chi connectivity index (χ2n) is 6.59. The summed E-state index contributed by atoms with van der Waals surface area (Å²) in [6.07, 6.45) is 0.962. The maximum Gasteiger partial charge on any atom is 0.253 e. The van der Waals surface area contributed by atoms with E-state index in [1.54, 1.807) is 35.6 Å². The Labute approximate surface area is 156 Å². The lowest BCUT2D eigenvalue weighted by Gasteiger charge is -2.35. The third-order valence-electron chi connectivity index (χ3n) is 4.99. The molecular formula is C19H19ClN2O2S. The molecule has 2 amide bonds. The lowest BCUT2D eigenvalue weighted by Crippen LogP contribution is -2.51. The number of amides is 2. The number of piperazine rings is 1. The predicted octanol–water partition coefficient (Wildman–Crippen LogP) is 3.49. The van der Waals surface area contributed by atoms with E-state index in [0.29, 0.717) is 42.7 Å². The van der Waals surface area contributed by atoms with Gasteiger partial charge in [0, 0.05) is 53.5 Å². The highest BCUT2D eigenvalue weighted by Crippen LogP contribution is 2.50. The van der Waals surface area contributed by atoms with Crippen LogP contribution in [0.4, 0.5) is 0 Å². The van der Waals surface area contributed by atoms with Gasteiger partial charge >= 0.3 is 0 Å². The van der Waals surface area contributed by atoms with E-state index in [1.165, 1.54) is 4.88 Å². The molecule has 4 rings (SSSR count). The summed E-state index contributed by atoms with van der Waals surface area (Å²) in [5.41, 5.74) is 0.643. The molecule has 1 aliphatic heterocycles. The van der Waals surface area contributed by atoms with Crippen molar-refractivity contribution in [1.29, 1.82) is 0 Å². The zero-order chi connectivity index (χ0) is 17.4. The monoisotopic (exact) mass is 374 g/mol. The largest absolute Gasteiger partial charge is 0.339 e. The van der Waals surface area contributed by atoms with Crippen LogP contribution in [0, 0.1) is 5.92 Å². The van der Waals surface area contributed by atoms with Crippen LogP contribution in [0.1, 0.15) is 27.6 Å². The van der Waals surface area contributed by atoms with E-state index in [4.69, 9.17) is 11.6 Å². The van der Waals surface area contributed by atoms with Crippen LogP contribution < -0.4 is 0 Å². The minimum absolute atomic E-state index is 0.00616. The average molecular weight is 375 g/mol. The van der Waals surface area contributed by atoms with Crippen molar-refractivity contribution in [2.45, 2.75) is 12.3 Å². The van der Waals surface area contributed by atoms with E-state index < -0.39 is 0 Å². The number of hydrogen-bond acceptors (Lipinski definition) is 3. The molecule has 0 radical (unpaired) electrons. The zero-order valence-electron chi connectivity index (χ0n) is 13.7. The lowest BCUT2D eigenvalue weighted by atomic mass is 10.1. The Balaban J connectivity index is 1.32. The molecule has 1 saturated carbocycles. The molecule has 1 aromatic heterocycles. The maximum atomic E-state index is 12.7. The van der Waals surface area contributed by atoms with Crippen LogP contribution in [0.15, 0.2) is 41.8 Å². The molecule has 0 bridgehead atoms. The Morgan fingerprint density at radius 3 is 2.32 bits per heavy atom. The first-order chi connectivity index (χ1) is 12.1. The van der Waals surface area contributed by atoms with Crippen LogP contribution in [0.5, 0.6) is 0 Å². The lowest BCUT2D eigenvalue weighted by molar-refractivity contribution is -0.134. The van der Waals surface area contributed by atoms with Crippen molar-refractivity contribution in [3.05, 3.63) is 57.2 Å².